The molecule has 7 nitrogen and oxygen atoms in total. The zero-order valence-corrected chi connectivity index (χ0v) is 14.0. The van der Waals surface area contributed by atoms with Crippen molar-refractivity contribution in [1.82, 2.24) is 10.2 Å². The second-order valence-corrected chi connectivity index (χ2v) is 6.48. The lowest BCUT2D eigenvalue weighted by Crippen LogP contribution is -2.24. The lowest BCUT2D eigenvalue weighted by molar-refractivity contribution is -0.120. The molecule has 2 aromatic rings. The SMILES string of the molecule is O=C(Nc1nnc(Cc2ccc3c(c2)OCCO3)o1)C1CCCCC1. The molecular formula is C18H21N3O4. The second kappa shape index (κ2) is 7.13. The van der Waals surface area contributed by atoms with Crippen LogP contribution in [0.2, 0.25) is 0 Å². The van der Waals surface area contributed by atoms with Gasteiger partial charge < -0.3 is 13.9 Å². The number of rotatable bonds is 4. The number of amides is 1. The van der Waals surface area contributed by atoms with E-state index >= 15 is 0 Å². The number of nitrogens with one attached hydrogen (secondary N) is 1. The topological polar surface area (TPSA) is 86.5 Å². The molecule has 0 spiro atoms. The van der Waals surface area contributed by atoms with E-state index in [1.54, 1.807) is 0 Å². The molecular weight excluding hydrogens is 322 g/mol. The summed E-state index contributed by atoms with van der Waals surface area (Å²) in [6, 6.07) is 5.91. The normalized spacial score (nSPS) is 17.3. The number of anilines is 1. The molecule has 1 aromatic carbocycles. The van der Waals surface area contributed by atoms with Gasteiger partial charge in [0.1, 0.15) is 13.2 Å². The summed E-state index contributed by atoms with van der Waals surface area (Å²) in [5.74, 6) is 1.97. The summed E-state index contributed by atoms with van der Waals surface area (Å²) in [5, 5.41) is 10.7. The number of carbonyl (C=O) groups is 1. The molecule has 2 heterocycles. The van der Waals surface area contributed by atoms with Crippen LogP contribution in [-0.2, 0) is 11.2 Å². The highest BCUT2D eigenvalue weighted by Crippen LogP contribution is 2.31. The summed E-state index contributed by atoms with van der Waals surface area (Å²) in [6.45, 7) is 1.12. The summed E-state index contributed by atoms with van der Waals surface area (Å²) in [4.78, 5) is 12.2. The van der Waals surface area contributed by atoms with Crippen LogP contribution < -0.4 is 14.8 Å². The van der Waals surface area contributed by atoms with Crippen molar-refractivity contribution in [3.63, 3.8) is 0 Å². The molecule has 1 fully saturated rings. The standard InChI is InChI=1S/C18H21N3O4/c22-17(13-4-2-1-3-5-13)19-18-21-20-16(25-18)11-12-6-7-14-15(10-12)24-9-8-23-14/h6-7,10,13H,1-5,8-9,11H2,(H,19,21,22). The molecule has 1 N–H and O–H groups in total. The van der Waals surface area contributed by atoms with Crippen molar-refractivity contribution < 1.29 is 18.7 Å². The van der Waals surface area contributed by atoms with Crippen LogP contribution in [0.5, 0.6) is 11.5 Å². The highest BCUT2D eigenvalue weighted by molar-refractivity contribution is 5.90. The van der Waals surface area contributed by atoms with Gasteiger partial charge in [-0.1, -0.05) is 30.4 Å². The summed E-state index contributed by atoms with van der Waals surface area (Å²) < 4.78 is 16.7. The number of hydrogen-bond acceptors (Lipinski definition) is 6. The van der Waals surface area contributed by atoms with Crippen LogP contribution >= 0.6 is 0 Å². The van der Waals surface area contributed by atoms with E-state index in [4.69, 9.17) is 13.9 Å². The molecule has 0 radical (unpaired) electrons. The van der Waals surface area contributed by atoms with Crippen molar-refractivity contribution in [2.24, 2.45) is 5.92 Å². The van der Waals surface area contributed by atoms with Crippen molar-refractivity contribution >= 4 is 11.9 Å². The Morgan fingerprint density at radius 2 is 1.88 bits per heavy atom. The summed E-state index contributed by atoms with van der Waals surface area (Å²) in [7, 11) is 0. The molecule has 0 atom stereocenters. The zero-order valence-electron chi connectivity index (χ0n) is 14.0. The van der Waals surface area contributed by atoms with Crippen LogP contribution in [0.3, 0.4) is 0 Å². The maximum Gasteiger partial charge on any atom is 0.322 e. The molecule has 1 aliphatic heterocycles. The predicted molar refractivity (Wildman–Crippen MR) is 89.7 cm³/mol. The Labute approximate surface area is 145 Å². The molecule has 0 saturated heterocycles. The van der Waals surface area contributed by atoms with Gasteiger partial charge in [0, 0.05) is 5.92 Å². The van der Waals surface area contributed by atoms with Crippen molar-refractivity contribution in [1.29, 1.82) is 0 Å². The first kappa shape index (κ1) is 15.9. The van der Waals surface area contributed by atoms with Gasteiger partial charge in [0.15, 0.2) is 11.5 Å². The summed E-state index contributed by atoms with van der Waals surface area (Å²) in [6.07, 6.45) is 5.77. The molecule has 1 saturated carbocycles. The maximum absolute atomic E-state index is 12.2. The number of carbonyl (C=O) groups excluding carboxylic acids is 1. The molecule has 25 heavy (non-hydrogen) atoms. The second-order valence-electron chi connectivity index (χ2n) is 6.48. The lowest BCUT2D eigenvalue weighted by Gasteiger charge is -2.19. The first-order valence-electron chi connectivity index (χ1n) is 8.80. The van der Waals surface area contributed by atoms with Crippen molar-refractivity contribution in [3.8, 4) is 11.5 Å². The van der Waals surface area contributed by atoms with Gasteiger partial charge >= 0.3 is 6.01 Å². The minimum Gasteiger partial charge on any atom is -0.486 e. The molecule has 0 unspecified atom stereocenters. The maximum atomic E-state index is 12.2. The minimum absolute atomic E-state index is 0.0192. The monoisotopic (exact) mass is 343 g/mol. The highest BCUT2D eigenvalue weighted by Gasteiger charge is 2.22. The third-order valence-corrected chi connectivity index (χ3v) is 4.63. The van der Waals surface area contributed by atoms with E-state index in [2.05, 4.69) is 15.5 Å². The summed E-state index contributed by atoms with van der Waals surface area (Å²) in [5.41, 5.74) is 0.984. The van der Waals surface area contributed by atoms with E-state index < -0.39 is 0 Å². The number of benzene rings is 1. The van der Waals surface area contributed by atoms with Gasteiger partial charge in [-0.25, -0.2) is 0 Å². The lowest BCUT2D eigenvalue weighted by atomic mass is 9.89. The Kier molecular flexibility index (Phi) is 4.54. The van der Waals surface area contributed by atoms with Crippen LogP contribution in [-0.4, -0.2) is 29.3 Å². The van der Waals surface area contributed by atoms with Crippen LogP contribution in [0.15, 0.2) is 22.6 Å². The van der Waals surface area contributed by atoms with Crippen LogP contribution in [0.4, 0.5) is 6.01 Å². The largest absolute Gasteiger partial charge is 0.486 e. The average Bonchev–Trinajstić information content (AvgIpc) is 3.09. The molecule has 1 aliphatic carbocycles. The first-order chi connectivity index (χ1) is 12.3. The van der Waals surface area contributed by atoms with Crippen molar-refractivity contribution in [3.05, 3.63) is 29.7 Å². The molecule has 1 amide bonds. The van der Waals surface area contributed by atoms with E-state index in [0.717, 1.165) is 42.7 Å². The molecule has 1 aromatic heterocycles. The fourth-order valence-corrected chi connectivity index (χ4v) is 3.32. The van der Waals surface area contributed by atoms with E-state index in [1.165, 1.54) is 6.42 Å². The number of hydrogen-bond donors (Lipinski definition) is 1. The van der Waals surface area contributed by atoms with Gasteiger partial charge in [0.25, 0.3) is 0 Å². The number of fused-ring (bicyclic) bond motifs is 1. The van der Waals surface area contributed by atoms with Crippen molar-refractivity contribution in [2.75, 3.05) is 18.5 Å². The quantitative estimate of drug-likeness (QED) is 0.918. The highest BCUT2D eigenvalue weighted by atomic mass is 16.6. The van der Waals surface area contributed by atoms with Gasteiger partial charge in [0.05, 0.1) is 6.42 Å². The smallest absolute Gasteiger partial charge is 0.322 e. The van der Waals surface area contributed by atoms with E-state index in [-0.39, 0.29) is 17.8 Å². The Hall–Kier alpha value is -2.57. The molecule has 2 aliphatic rings. The van der Waals surface area contributed by atoms with Gasteiger partial charge in [-0.2, -0.15) is 0 Å². The van der Waals surface area contributed by atoms with Gasteiger partial charge in [-0.05, 0) is 30.5 Å². The average molecular weight is 343 g/mol. The molecule has 0 bridgehead atoms. The fraction of sp³-hybridized carbons (Fsp3) is 0.500. The Bertz CT molecular complexity index is 753. The zero-order chi connectivity index (χ0) is 17.1. The summed E-state index contributed by atoms with van der Waals surface area (Å²) >= 11 is 0. The first-order valence-corrected chi connectivity index (χ1v) is 8.80. The van der Waals surface area contributed by atoms with Crippen molar-refractivity contribution in [2.45, 2.75) is 38.5 Å². The Morgan fingerprint density at radius 3 is 2.72 bits per heavy atom. The number of aromatic nitrogens is 2. The van der Waals surface area contributed by atoms with Gasteiger partial charge in [-0.15, -0.1) is 5.10 Å². The molecule has 7 heteroatoms. The van der Waals surface area contributed by atoms with Crippen LogP contribution in [0.1, 0.15) is 43.6 Å². The number of ether oxygens (including phenoxy) is 2. The predicted octanol–water partition coefficient (Wildman–Crippen LogP) is 2.95. The van der Waals surface area contributed by atoms with E-state index in [9.17, 15) is 4.79 Å². The number of nitrogens with zero attached hydrogens (tertiary/aromatic N) is 2. The van der Waals surface area contributed by atoms with Gasteiger partial charge in [0.2, 0.25) is 11.8 Å². The van der Waals surface area contributed by atoms with Gasteiger partial charge in [-0.3, -0.25) is 10.1 Å². The fourth-order valence-electron chi connectivity index (χ4n) is 3.32. The van der Waals surface area contributed by atoms with E-state index in [1.807, 2.05) is 18.2 Å². The third kappa shape index (κ3) is 3.75. The Morgan fingerprint density at radius 1 is 1.08 bits per heavy atom. The van der Waals surface area contributed by atoms with Crippen LogP contribution in [0, 0.1) is 5.92 Å². The van der Waals surface area contributed by atoms with Crippen LogP contribution in [0.25, 0.3) is 0 Å². The molecule has 4 rings (SSSR count). The molecule has 132 valence electrons. The minimum atomic E-state index is -0.0192. The van der Waals surface area contributed by atoms with E-state index in [0.29, 0.717) is 25.5 Å². The third-order valence-electron chi connectivity index (χ3n) is 4.63. The Balaban J connectivity index is 1.38.